The Morgan fingerprint density at radius 1 is 1.12 bits per heavy atom. The van der Waals surface area contributed by atoms with Crippen LogP contribution in [-0.2, 0) is 0 Å². The monoisotopic (exact) mass is 259 g/mol. The van der Waals surface area contributed by atoms with E-state index in [0.29, 0.717) is 6.04 Å². The first-order valence-electron chi connectivity index (χ1n) is 6.70. The molecule has 1 fully saturated rings. The molecule has 0 atom stereocenters. The van der Waals surface area contributed by atoms with Gasteiger partial charge in [-0.3, -0.25) is 0 Å². The number of halogens is 1. The Balaban J connectivity index is 0.00000256. The summed E-state index contributed by atoms with van der Waals surface area (Å²) in [5.74, 6) is 0. The maximum Gasteiger partial charge on any atom is 0.0895 e. The van der Waals surface area contributed by atoms with E-state index < -0.39 is 0 Å². The lowest BCUT2D eigenvalue weighted by Gasteiger charge is -2.16. The number of likely N-dealkylation sites (N-methyl/N-ethyl adjacent to an activating group) is 1. The predicted molar refractivity (Wildman–Crippen MR) is 76.6 cm³/mol. The number of hydrogen-bond acceptors (Lipinski definition) is 3. The molecule has 0 aromatic heterocycles. The Bertz CT molecular complexity index is 227. The van der Waals surface area contributed by atoms with Crippen molar-refractivity contribution in [1.29, 1.82) is 0 Å². The summed E-state index contributed by atoms with van der Waals surface area (Å²) in [7, 11) is 0. The van der Waals surface area contributed by atoms with Crippen molar-refractivity contribution >= 4 is 18.4 Å². The third-order valence-electron chi connectivity index (χ3n) is 3.31. The van der Waals surface area contributed by atoms with Gasteiger partial charge in [0.15, 0.2) is 0 Å². The van der Waals surface area contributed by atoms with E-state index in [9.17, 15) is 0 Å². The maximum absolute atomic E-state index is 4.40. The summed E-state index contributed by atoms with van der Waals surface area (Å²) in [6.45, 7) is 8.43. The summed E-state index contributed by atoms with van der Waals surface area (Å²) in [4.78, 5) is 11.0. The summed E-state index contributed by atoms with van der Waals surface area (Å²) in [5, 5.41) is 0. The molecule has 1 aliphatic carbocycles. The van der Waals surface area contributed by atoms with E-state index in [0.717, 1.165) is 26.2 Å². The van der Waals surface area contributed by atoms with E-state index in [1.54, 1.807) is 0 Å². The number of aliphatic imine (C=N–C) groups is 2. The van der Waals surface area contributed by atoms with Gasteiger partial charge >= 0.3 is 0 Å². The highest BCUT2D eigenvalue weighted by atomic mass is 35.5. The molecule has 1 aliphatic rings. The second-order valence-electron chi connectivity index (χ2n) is 4.43. The Morgan fingerprint density at radius 2 is 1.76 bits per heavy atom. The minimum Gasteiger partial charge on any atom is -0.302 e. The minimum absolute atomic E-state index is 0. The summed E-state index contributed by atoms with van der Waals surface area (Å²) in [6, 6.07) is 3.39. The summed E-state index contributed by atoms with van der Waals surface area (Å²) in [5.41, 5.74) is 0. The van der Waals surface area contributed by atoms with Crippen molar-refractivity contribution in [1.82, 2.24) is 4.90 Å². The molecule has 0 aliphatic heterocycles. The molecule has 0 bridgehead atoms. The van der Waals surface area contributed by atoms with Crippen LogP contribution in [0.2, 0.25) is 0 Å². The smallest absolute Gasteiger partial charge is 0.0895 e. The van der Waals surface area contributed by atoms with Crippen LogP contribution in [0.25, 0.3) is 0 Å². The van der Waals surface area contributed by atoms with Crippen molar-refractivity contribution in [2.24, 2.45) is 9.98 Å². The largest absolute Gasteiger partial charge is 0.302 e. The molecule has 0 heterocycles. The average Bonchev–Trinajstić information content (AvgIpc) is 2.35. The molecule has 0 spiro atoms. The van der Waals surface area contributed by atoms with E-state index in [-0.39, 0.29) is 12.4 Å². The fraction of sp³-hybridized carbons (Fsp3) is 0.923. The van der Waals surface area contributed by atoms with Gasteiger partial charge in [-0.05, 0) is 25.9 Å². The molecule has 3 nitrogen and oxygen atoms in total. The second kappa shape index (κ2) is 10.8. The lowest BCUT2D eigenvalue weighted by Crippen LogP contribution is -2.25. The summed E-state index contributed by atoms with van der Waals surface area (Å²) >= 11 is 0. The van der Waals surface area contributed by atoms with Crippen molar-refractivity contribution in [2.45, 2.75) is 52.0 Å². The molecular weight excluding hydrogens is 234 g/mol. The molecule has 17 heavy (non-hydrogen) atoms. The Labute approximate surface area is 112 Å². The Morgan fingerprint density at radius 3 is 2.35 bits per heavy atom. The van der Waals surface area contributed by atoms with Crippen LogP contribution in [-0.4, -0.2) is 43.1 Å². The van der Waals surface area contributed by atoms with Crippen molar-refractivity contribution in [2.75, 3.05) is 26.2 Å². The molecule has 0 saturated heterocycles. The molecule has 100 valence electrons. The third kappa shape index (κ3) is 7.54. The van der Waals surface area contributed by atoms with Gasteiger partial charge in [-0.2, -0.15) is 0 Å². The van der Waals surface area contributed by atoms with Crippen molar-refractivity contribution < 1.29 is 0 Å². The van der Waals surface area contributed by atoms with Gasteiger partial charge < -0.3 is 4.90 Å². The fourth-order valence-corrected chi connectivity index (χ4v) is 2.11. The van der Waals surface area contributed by atoms with Crippen LogP contribution in [0.4, 0.5) is 0 Å². The first-order chi connectivity index (χ1) is 7.86. The lowest BCUT2D eigenvalue weighted by molar-refractivity contribution is 0.313. The standard InChI is InChI=1S/C13H25N3.ClH/c1-3-16(4-2)11-10-14-12-15-13-8-6-5-7-9-13;/h13H,3-11H2,1-2H3;1H. The van der Waals surface area contributed by atoms with Crippen molar-refractivity contribution in [3.05, 3.63) is 0 Å². The van der Waals surface area contributed by atoms with Gasteiger partial charge in [0.1, 0.15) is 0 Å². The highest BCUT2D eigenvalue weighted by Crippen LogP contribution is 2.19. The fourth-order valence-electron chi connectivity index (χ4n) is 2.11. The van der Waals surface area contributed by atoms with Crippen LogP contribution in [0.15, 0.2) is 9.98 Å². The van der Waals surface area contributed by atoms with Crippen molar-refractivity contribution in [3.8, 4) is 0 Å². The van der Waals surface area contributed by atoms with Gasteiger partial charge in [-0.25, -0.2) is 9.98 Å². The zero-order valence-corrected chi connectivity index (χ0v) is 12.0. The van der Waals surface area contributed by atoms with E-state index in [4.69, 9.17) is 0 Å². The van der Waals surface area contributed by atoms with Gasteiger partial charge in [-0.15, -0.1) is 12.4 Å². The maximum atomic E-state index is 4.40. The van der Waals surface area contributed by atoms with Gasteiger partial charge in [0.05, 0.1) is 18.6 Å². The van der Waals surface area contributed by atoms with E-state index in [1.807, 2.05) is 0 Å². The molecule has 0 unspecified atom stereocenters. The lowest BCUT2D eigenvalue weighted by atomic mass is 9.96. The van der Waals surface area contributed by atoms with Crippen LogP contribution in [0.5, 0.6) is 0 Å². The third-order valence-corrected chi connectivity index (χ3v) is 3.31. The molecule has 0 aromatic rings. The van der Waals surface area contributed by atoms with Crippen LogP contribution in [0.1, 0.15) is 46.0 Å². The topological polar surface area (TPSA) is 28.0 Å². The number of hydrogen-bond donors (Lipinski definition) is 0. The SMILES string of the molecule is CCN(CC)CCN=C=NC1CCCCC1.Cl. The van der Waals surface area contributed by atoms with Crippen LogP contribution < -0.4 is 0 Å². The predicted octanol–water partition coefficient (Wildman–Crippen LogP) is 3.26. The molecule has 0 radical (unpaired) electrons. The zero-order valence-electron chi connectivity index (χ0n) is 11.2. The molecule has 0 amide bonds. The van der Waals surface area contributed by atoms with Gasteiger partial charge in [-0.1, -0.05) is 33.1 Å². The van der Waals surface area contributed by atoms with E-state index in [2.05, 4.69) is 34.7 Å². The highest BCUT2D eigenvalue weighted by Gasteiger charge is 2.10. The van der Waals surface area contributed by atoms with E-state index >= 15 is 0 Å². The number of rotatable bonds is 6. The second-order valence-corrected chi connectivity index (χ2v) is 4.43. The summed E-state index contributed by atoms with van der Waals surface area (Å²) in [6.07, 6.45) is 6.51. The molecule has 1 saturated carbocycles. The first kappa shape index (κ1) is 16.6. The van der Waals surface area contributed by atoms with E-state index in [1.165, 1.54) is 32.1 Å². The highest BCUT2D eigenvalue weighted by molar-refractivity contribution is 5.85. The molecule has 1 rings (SSSR count). The minimum atomic E-state index is 0. The average molecular weight is 260 g/mol. The Kier molecular flexibility index (Phi) is 10.5. The molecule has 4 heteroatoms. The quantitative estimate of drug-likeness (QED) is 0.673. The molecule has 0 aromatic carbocycles. The number of nitrogens with zero attached hydrogens (tertiary/aromatic N) is 3. The normalized spacial score (nSPS) is 16.2. The van der Waals surface area contributed by atoms with Crippen molar-refractivity contribution in [3.63, 3.8) is 0 Å². The van der Waals surface area contributed by atoms with Gasteiger partial charge in [0, 0.05) is 6.54 Å². The van der Waals surface area contributed by atoms with Crippen LogP contribution >= 0.6 is 12.4 Å². The van der Waals surface area contributed by atoms with Gasteiger partial charge in [0.25, 0.3) is 0 Å². The van der Waals surface area contributed by atoms with Gasteiger partial charge in [0.2, 0.25) is 0 Å². The molecule has 0 N–H and O–H groups in total. The molecular formula is C13H26ClN3. The Hall–Kier alpha value is -0.370. The van der Waals surface area contributed by atoms with Crippen LogP contribution in [0, 0.1) is 0 Å². The zero-order chi connectivity index (χ0) is 11.6. The first-order valence-corrected chi connectivity index (χ1v) is 6.70. The van der Waals surface area contributed by atoms with Crippen LogP contribution in [0.3, 0.4) is 0 Å². The summed E-state index contributed by atoms with van der Waals surface area (Å²) < 4.78 is 0.